The Kier molecular flexibility index (Phi) is 6.03. The third kappa shape index (κ3) is 3.96. The zero-order chi connectivity index (χ0) is 18.7. The summed E-state index contributed by atoms with van der Waals surface area (Å²) in [6.07, 6.45) is 2.47. The zero-order valence-corrected chi connectivity index (χ0v) is 17.1. The summed E-state index contributed by atoms with van der Waals surface area (Å²) in [5.41, 5.74) is 0.798. The summed E-state index contributed by atoms with van der Waals surface area (Å²) < 4.78 is 0.901. The van der Waals surface area contributed by atoms with Crippen LogP contribution in [0.2, 0.25) is 0 Å². The van der Waals surface area contributed by atoms with E-state index in [0.29, 0.717) is 24.0 Å². The van der Waals surface area contributed by atoms with Crippen LogP contribution in [-0.2, 0) is 9.59 Å². The minimum atomic E-state index is -0.686. The molecule has 0 aliphatic carbocycles. The van der Waals surface area contributed by atoms with Crippen LogP contribution in [0.4, 0.5) is 10.8 Å². The Labute approximate surface area is 165 Å². The van der Waals surface area contributed by atoms with Crippen LogP contribution in [0.3, 0.4) is 0 Å². The van der Waals surface area contributed by atoms with Crippen molar-refractivity contribution < 1.29 is 9.59 Å². The Hall–Kier alpha value is -1.80. The van der Waals surface area contributed by atoms with E-state index in [9.17, 15) is 9.59 Å². The minimum absolute atomic E-state index is 0.176. The first-order valence-electron chi connectivity index (χ1n) is 8.74. The summed E-state index contributed by atoms with van der Waals surface area (Å²) in [4.78, 5) is 26.9. The first-order chi connectivity index (χ1) is 12.5. The van der Waals surface area contributed by atoms with Crippen molar-refractivity contribution in [1.29, 1.82) is 0 Å². The van der Waals surface area contributed by atoms with Crippen molar-refractivity contribution in [1.82, 2.24) is 10.2 Å². The first-order valence-corrected chi connectivity index (χ1v) is 10.4. The highest BCUT2D eigenvalue weighted by Crippen LogP contribution is 2.30. The van der Waals surface area contributed by atoms with Crippen LogP contribution >= 0.6 is 27.3 Å². The molecule has 6 nitrogen and oxygen atoms in total. The second-order valence-electron chi connectivity index (χ2n) is 6.26. The van der Waals surface area contributed by atoms with Crippen LogP contribution in [0.1, 0.15) is 44.0 Å². The van der Waals surface area contributed by atoms with Crippen molar-refractivity contribution >= 4 is 49.9 Å². The summed E-state index contributed by atoms with van der Waals surface area (Å²) in [6.45, 7) is 4.76. The molecule has 2 aromatic rings. The van der Waals surface area contributed by atoms with Gasteiger partial charge in [-0.25, -0.2) is 0 Å². The first kappa shape index (κ1) is 19.0. The van der Waals surface area contributed by atoms with Gasteiger partial charge in [0.1, 0.15) is 10.9 Å². The molecule has 0 saturated carbocycles. The van der Waals surface area contributed by atoms with Gasteiger partial charge in [-0.2, -0.15) is 0 Å². The number of amides is 2. The maximum Gasteiger partial charge on any atom is 0.239 e. The number of rotatable bonds is 6. The molecule has 0 bridgehead atoms. The van der Waals surface area contributed by atoms with Crippen molar-refractivity contribution in [2.75, 3.05) is 16.8 Å². The number of hydrogen-bond donors (Lipinski definition) is 1. The molecule has 2 amide bonds. The van der Waals surface area contributed by atoms with Crippen molar-refractivity contribution in [3.63, 3.8) is 0 Å². The lowest BCUT2D eigenvalue weighted by atomic mass is 10.1. The molecule has 1 unspecified atom stereocenters. The molecule has 1 aliphatic rings. The summed E-state index contributed by atoms with van der Waals surface area (Å²) in [7, 11) is 0. The quantitative estimate of drug-likeness (QED) is 0.688. The van der Waals surface area contributed by atoms with Crippen LogP contribution in [0.15, 0.2) is 28.7 Å². The molecule has 26 heavy (non-hydrogen) atoms. The number of anilines is 2. The molecule has 138 valence electrons. The fraction of sp³-hybridized carbons (Fsp3) is 0.444. The van der Waals surface area contributed by atoms with Gasteiger partial charge in [-0.3, -0.25) is 14.9 Å². The van der Waals surface area contributed by atoms with Crippen LogP contribution in [0, 0.1) is 5.92 Å². The number of nitrogens with one attached hydrogen (secondary N) is 1. The van der Waals surface area contributed by atoms with Gasteiger partial charge in [-0.15, -0.1) is 10.2 Å². The largest absolute Gasteiger partial charge is 0.312 e. The Balaban J connectivity index is 1.67. The van der Waals surface area contributed by atoms with Crippen LogP contribution < -0.4 is 10.2 Å². The Morgan fingerprint density at radius 1 is 1.38 bits per heavy atom. The van der Waals surface area contributed by atoms with Gasteiger partial charge in [0.25, 0.3) is 0 Å². The standard InChI is InChI=1S/C18H21BrN4O2S/c1-3-11(4-2)16-21-22-18(26-16)20-15(24)14-8-9-23(17(14)25)13-7-5-6-12(19)10-13/h5-7,10-11,14H,3-4,8-9H2,1-2H3,(H,20,22,24). The molecular weight excluding hydrogens is 416 g/mol. The molecule has 3 rings (SSSR count). The van der Waals surface area contributed by atoms with E-state index in [1.54, 1.807) is 4.90 Å². The predicted octanol–water partition coefficient (Wildman–Crippen LogP) is 4.20. The molecule has 0 spiro atoms. The lowest BCUT2D eigenvalue weighted by Gasteiger charge is -2.16. The number of hydrogen-bond acceptors (Lipinski definition) is 5. The van der Waals surface area contributed by atoms with Gasteiger partial charge in [0.05, 0.1) is 0 Å². The summed E-state index contributed by atoms with van der Waals surface area (Å²) in [5.74, 6) is -0.808. The fourth-order valence-corrected chi connectivity index (χ4v) is 4.50. The number of nitrogens with zero attached hydrogens (tertiary/aromatic N) is 3. The van der Waals surface area contributed by atoms with Crippen LogP contribution in [0.5, 0.6) is 0 Å². The number of aromatic nitrogens is 2. The zero-order valence-electron chi connectivity index (χ0n) is 14.7. The highest BCUT2D eigenvalue weighted by atomic mass is 79.9. The molecule has 1 atom stereocenters. The van der Waals surface area contributed by atoms with Crippen molar-refractivity contribution in [3.8, 4) is 0 Å². The van der Waals surface area contributed by atoms with E-state index in [1.807, 2.05) is 24.3 Å². The van der Waals surface area contributed by atoms with E-state index in [2.05, 4.69) is 45.3 Å². The SMILES string of the molecule is CCC(CC)c1nnc(NC(=O)C2CCN(c3cccc(Br)c3)C2=O)s1. The topological polar surface area (TPSA) is 75.2 Å². The van der Waals surface area contributed by atoms with Crippen molar-refractivity contribution in [3.05, 3.63) is 33.7 Å². The second-order valence-corrected chi connectivity index (χ2v) is 8.18. The molecule has 1 N–H and O–H groups in total. The van der Waals surface area contributed by atoms with Gasteiger partial charge in [-0.05, 0) is 37.5 Å². The van der Waals surface area contributed by atoms with E-state index in [0.717, 1.165) is 28.0 Å². The van der Waals surface area contributed by atoms with E-state index < -0.39 is 5.92 Å². The number of halogens is 1. The third-order valence-electron chi connectivity index (χ3n) is 4.65. The molecule has 1 fully saturated rings. The van der Waals surface area contributed by atoms with Crippen LogP contribution in [0.25, 0.3) is 0 Å². The van der Waals surface area contributed by atoms with Gasteiger partial charge in [0.2, 0.25) is 16.9 Å². The number of carbonyl (C=O) groups is 2. The number of carbonyl (C=O) groups excluding carboxylic acids is 2. The molecule has 1 aromatic carbocycles. The minimum Gasteiger partial charge on any atom is -0.312 e. The second kappa shape index (κ2) is 8.26. The van der Waals surface area contributed by atoms with E-state index >= 15 is 0 Å². The number of benzene rings is 1. The molecule has 8 heteroatoms. The lowest BCUT2D eigenvalue weighted by Crippen LogP contribution is -2.33. The highest BCUT2D eigenvalue weighted by molar-refractivity contribution is 9.10. The summed E-state index contributed by atoms with van der Waals surface area (Å²) in [6, 6.07) is 7.53. The summed E-state index contributed by atoms with van der Waals surface area (Å²) >= 11 is 4.80. The highest BCUT2D eigenvalue weighted by Gasteiger charge is 2.38. The lowest BCUT2D eigenvalue weighted by molar-refractivity contribution is -0.129. The van der Waals surface area contributed by atoms with Gasteiger partial charge in [0.15, 0.2) is 0 Å². The fourth-order valence-electron chi connectivity index (χ4n) is 3.10. The molecule has 1 aliphatic heterocycles. The van der Waals surface area contributed by atoms with Crippen molar-refractivity contribution in [2.45, 2.75) is 39.0 Å². The molecule has 1 aromatic heterocycles. The van der Waals surface area contributed by atoms with Gasteiger partial charge in [0, 0.05) is 22.6 Å². The Bertz CT molecular complexity index is 806. The van der Waals surface area contributed by atoms with E-state index in [-0.39, 0.29) is 11.8 Å². The smallest absolute Gasteiger partial charge is 0.239 e. The average molecular weight is 437 g/mol. The maximum absolute atomic E-state index is 12.7. The molecule has 0 radical (unpaired) electrons. The Morgan fingerprint density at radius 2 is 2.15 bits per heavy atom. The summed E-state index contributed by atoms with van der Waals surface area (Å²) in [5, 5.41) is 12.4. The normalized spacial score (nSPS) is 17.2. The molecule has 2 heterocycles. The van der Waals surface area contributed by atoms with E-state index in [1.165, 1.54) is 11.3 Å². The van der Waals surface area contributed by atoms with E-state index in [4.69, 9.17) is 0 Å². The van der Waals surface area contributed by atoms with Gasteiger partial charge < -0.3 is 4.90 Å². The van der Waals surface area contributed by atoms with Crippen molar-refractivity contribution in [2.24, 2.45) is 5.92 Å². The van der Waals surface area contributed by atoms with Gasteiger partial charge >= 0.3 is 0 Å². The third-order valence-corrected chi connectivity index (χ3v) is 6.14. The predicted molar refractivity (Wildman–Crippen MR) is 106 cm³/mol. The monoisotopic (exact) mass is 436 g/mol. The molecule has 1 saturated heterocycles. The molecular formula is C18H21BrN4O2S. The van der Waals surface area contributed by atoms with Crippen LogP contribution in [-0.4, -0.2) is 28.6 Å². The average Bonchev–Trinajstić information content (AvgIpc) is 3.23. The van der Waals surface area contributed by atoms with Gasteiger partial charge in [-0.1, -0.05) is 47.2 Å². The Morgan fingerprint density at radius 3 is 2.85 bits per heavy atom. The maximum atomic E-state index is 12.7.